The number of nitrogens with zero attached hydrogens (tertiary/aromatic N) is 1. The zero-order valence-corrected chi connectivity index (χ0v) is 17.5. The van der Waals surface area contributed by atoms with E-state index in [0.717, 1.165) is 0 Å². The number of rotatable bonds is 8. The average molecular weight is 421 g/mol. The van der Waals surface area contributed by atoms with Crippen LogP contribution in [0.25, 0.3) is 0 Å². The van der Waals surface area contributed by atoms with Gasteiger partial charge < -0.3 is 19.9 Å². The van der Waals surface area contributed by atoms with Crippen molar-refractivity contribution in [1.82, 2.24) is 10.3 Å². The fourth-order valence-corrected chi connectivity index (χ4v) is 2.85. The van der Waals surface area contributed by atoms with Gasteiger partial charge in [0.15, 0.2) is 11.4 Å². The first-order valence-electron chi connectivity index (χ1n) is 9.27. The molecule has 7 nitrogen and oxygen atoms in total. The van der Waals surface area contributed by atoms with E-state index in [-0.39, 0.29) is 22.7 Å². The highest BCUT2D eigenvalue weighted by Gasteiger charge is 2.29. The standard InChI is InChI=1S/C21H25ClN2O5/c1-12(2)19(29-15-8-6-5-7-9-15)14(4)28-21(27)13(3)24-20(26)17-18(25)16(22)10-11-23-17/h5-14,19,25H,1-4H3,(H,24,26)/t13-,14-,19+/m0/s1. The minimum Gasteiger partial charge on any atom is -0.504 e. The third kappa shape index (κ3) is 6.09. The van der Waals surface area contributed by atoms with Gasteiger partial charge in [0.2, 0.25) is 0 Å². The van der Waals surface area contributed by atoms with E-state index in [1.165, 1.54) is 19.2 Å². The van der Waals surface area contributed by atoms with Gasteiger partial charge in [-0.05, 0) is 38.0 Å². The maximum absolute atomic E-state index is 12.5. The van der Waals surface area contributed by atoms with Crippen molar-refractivity contribution >= 4 is 23.5 Å². The minimum atomic E-state index is -0.963. The zero-order valence-electron chi connectivity index (χ0n) is 16.8. The number of hydrogen-bond acceptors (Lipinski definition) is 6. The molecule has 0 saturated heterocycles. The van der Waals surface area contributed by atoms with Crippen LogP contribution in [-0.4, -0.2) is 40.2 Å². The number of ether oxygens (including phenoxy) is 2. The lowest BCUT2D eigenvalue weighted by Gasteiger charge is -2.29. The van der Waals surface area contributed by atoms with Gasteiger partial charge >= 0.3 is 5.97 Å². The first-order valence-corrected chi connectivity index (χ1v) is 9.65. The van der Waals surface area contributed by atoms with E-state index in [0.29, 0.717) is 5.75 Å². The molecule has 1 aromatic heterocycles. The van der Waals surface area contributed by atoms with Gasteiger partial charge in [-0.25, -0.2) is 9.78 Å². The van der Waals surface area contributed by atoms with Gasteiger partial charge in [0, 0.05) is 6.20 Å². The summed E-state index contributed by atoms with van der Waals surface area (Å²) in [7, 11) is 0. The van der Waals surface area contributed by atoms with Crippen LogP contribution in [0.3, 0.4) is 0 Å². The lowest BCUT2D eigenvalue weighted by Crippen LogP contribution is -2.44. The van der Waals surface area contributed by atoms with Crippen molar-refractivity contribution in [1.29, 1.82) is 0 Å². The lowest BCUT2D eigenvalue weighted by atomic mass is 10.0. The molecular formula is C21H25ClN2O5. The van der Waals surface area contributed by atoms with Gasteiger partial charge in [-0.3, -0.25) is 4.79 Å². The van der Waals surface area contributed by atoms with Crippen molar-refractivity contribution in [3.63, 3.8) is 0 Å². The number of aromatic hydroxyl groups is 1. The number of amides is 1. The molecule has 0 bridgehead atoms. The molecule has 2 rings (SSSR count). The van der Waals surface area contributed by atoms with E-state index in [4.69, 9.17) is 21.1 Å². The van der Waals surface area contributed by atoms with E-state index < -0.39 is 29.8 Å². The Labute approximate surface area is 175 Å². The van der Waals surface area contributed by atoms with Crippen LogP contribution < -0.4 is 10.1 Å². The van der Waals surface area contributed by atoms with Crippen LogP contribution in [0.2, 0.25) is 5.02 Å². The molecule has 0 saturated carbocycles. The van der Waals surface area contributed by atoms with E-state index in [1.54, 1.807) is 6.92 Å². The SMILES string of the molecule is CC(C)[C@@H](Oc1ccccc1)[C@H](C)OC(=O)[C@H](C)NC(=O)c1nccc(Cl)c1O. The smallest absolute Gasteiger partial charge is 0.328 e. The second kappa shape index (κ2) is 10.1. The minimum absolute atomic E-state index is 0.00756. The quantitative estimate of drug-likeness (QED) is 0.633. The largest absolute Gasteiger partial charge is 0.504 e. The van der Waals surface area contributed by atoms with E-state index >= 15 is 0 Å². The Morgan fingerprint density at radius 2 is 1.76 bits per heavy atom. The van der Waals surface area contributed by atoms with Crippen molar-refractivity contribution in [3.05, 3.63) is 53.3 Å². The van der Waals surface area contributed by atoms with Crippen LogP contribution in [0.5, 0.6) is 11.5 Å². The number of carbonyl (C=O) groups is 2. The van der Waals surface area contributed by atoms with Gasteiger partial charge in [-0.15, -0.1) is 0 Å². The number of para-hydroxylation sites is 1. The molecule has 8 heteroatoms. The summed E-state index contributed by atoms with van der Waals surface area (Å²) in [5, 5.41) is 12.3. The van der Waals surface area contributed by atoms with E-state index in [1.807, 2.05) is 44.2 Å². The summed E-state index contributed by atoms with van der Waals surface area (Å²) in [5.74, 6) is -1.05. The summed E-state index contributed by atoms with van der Waals surface area (Å²) in [6.07, 6.45) is 0.360. The van der Waals surface area contributed by atoms with Gasteiger partial charge in [-0.2, -0.15) is 0 Å². The molecule has 3 atom stereocenters. The fraction of sp³-hybridized carbons (Fsp3) is 0.381. The average Bonchev–Trinajstić information content (AvgIpc) is 2.68. The van der Waals surface area contributed by atoms with Crippen LogP contribution in [0.4, 0.5) is 0 Å². The number of esters is 1. The highest BCUT2D eigenvalue weighted by Crippen LogP contribution is 2.25. The predicted octanol–water partition coefficient (Wildman–Crippen LogP) is 3.59. The van der Waals surface area contributed by atoms with Crippen molar-refractivity contribution in [3.8, 4) is 11.5 Å². The van der Waals surface area contributed by atoms with E-state index in [2.05, 4.69) is 10.3 Å². The van der Waals surface area contributed by atoms with Crippen LogP contribution in [0, 0.1) is 5.92 Å². The number of carbonyl (C=O) groups excluding carboxylic acids is 2. The monoisotopic (exact) mass is 420 g/mol. The maximum Gasteiger partial charge on any atom is 0.328 e. The van der Waals surface area contributed by atoms with E-state index in [9.17, 15) is 14.7 Å². The molecule has 0 aliphatic carbocycles. The predicted molar refractivity (Wildman–Crippen MR) is 109 cm³/mol. The summed E-state index contributed by atoms with van der Waals surface area (Å²) in [5.41, 5.74) is -0.266. The molecule has 0 aliphatic heterocycles. The Balaban J connectivity index is 1.99. The topological polar surface area (TPSA) is 97.8 Å². The maximum atomic E-state index is 12.5. The van der Waals surface area contributed by atoms with Crippen molar-refractivity contribution in [2.45, 2.75) is 45.9 Å². The normalized spacial score (nSPS) is 14.0. The molecule has 1 aromatic carbocycles. The Hall–Kier alpha value is -2.80. The van der Waals surface area contributed by atoms with Gasteiger partial charge in [0.1, 0.15) is 24.0 Å². The number of aromatic nitrogens is 1. The summed E-state index contributed by atoms with van der Waals surface area (Å²) in [4.78, 5) is 28.5. The molecular weight excluding hydrogens is 396 g/mol. The highest BCUT2D eigenvalue weighted by atomic mass is 35.5. The summed E-state index contributed by atoms with van der Waals surface area (Å²) in [6.45, 7) is 7.16. The molecule has 156 valence electrons. The number of nitrogens with one attached hydrogen (secondary N) is 1. The zero-order chi connectivity index (χ0) is 21.6. The third-order valence-corrected chi connectivity index (χ3v) is 4.53. The van der Waals surface area contributed by atoms with Crippen LogP contribution in [-0.2, 0) is 9.53 Å². The first kappa shape index (κ1) is 22.5. The van der Waals surface area contributed by atoms with Gasteiger partial charge in [-0.1, -0.05) is 43.6 Å². The van der Waals surface area contributed by atoms with Gasteiger partial charge in [0.05, 0.1) is 5.02 Å². The molecule has 2 N–H and O–H groups in total. The number of pyridine rings is 1. The fourth-order valence-electron chi connectivity index (χ4n) is 2.70. The van der Waals surface area contributed by atoms with Gasteiger partial charge in [0.25, 0.3) is 5.91 Å². The Bertz CT molecular complexity index is 844. The summed E-state index contributed by atoms with van der Waals surface area (Å²) in [6, 6.07) is 9.66. The number of hydrogen-bond donors (Lipinski definition) is 2. The molecule has 2 aromatic rings. The molecule has 29 heavy (non-hydrogen) atoms. The Morgan fingerprint density at radius 3 is 2.38 bits per heavy atom. The second-order valence-corrected chi connectivity index (χ2v) is 7.37. The summed E-state index contributed by atoms with van der Waals surface area (Å²) < 4.78 is 11.5. The molecule has 0 spiro atoms. The van der Waals surface area contributed by atoms with Crippen LogP contribution in [0.15, 0.2) is 42.6 Å². The van der Waals surface area contributed by atoms with Crippen molar-refractivity contribution in [2.75, 3.05) is 0 Å². The molecule has 0 radical (unpaired) electrons. The number of halogens is 1. The highest BCUT2D eigenvalue weighted by molar-refractivity contribution is 6.32. The van der Waals surface area contributed by atoms with Crippen molar-refractivity contribution < 1.29 is 24.2 Å². The molecule has 0 aliphatic rings. The first-order chi connectivity index (χ1) is 13.7. The molecule has 1 heterocycles. The second-order valence-electron chi connectivity index (χ2n) is 6.97. The lowest BCUT2D eigenvalue weighted by molar-refractivity contribution is -0.155. The van der Waals surface area contributed by atoms with Crippen LogP contribution >= 0.6 is 11.6 Å². The van der Waals surface area contributed by atoms with Crippen LogP contribution in [0.1, 0.15) is 38.2 Å². The molecule has 1 amide bonds. The molecule has 0 unspecified atom stereocenters. The van der Waals surface area contributed by atoms with Crippen molar-refractivity contribution in [2.24, 2.45) is 5.92 Å². The Kier molecular flexibility index (Phi) is 7.84. The Morgan fingerprint density at radius 1 is 1.10 bits per heavy atom. The summed E-state index contributed by atoms with van der Waals surface area (Å²) >= 11 is 5.78. The third-order valence-electron chi connectivity index (χ3n) is 4.23. The molecule has 0 fully saturated rings. The number of benzene rings is 1.